The number of nitrogens with zero attached hydrogens (tertiary/aromatic N) is 3. The Morgan fingerprint density at radius 1 is 1.18 bits per heavy atom. The van der Waals surface area contributed by atoms with Gasteiger partial charge in [0.15, 0.2) is 0 Å². The van der Waals surface area contributed by atoms with Crippen LogP contribution in [0.5, 0.6) is 0 Å². The number of carbonyl (C=O) groups is 1. The van der Waals surface area contributed by atoms with Crippen LogP contribution in [-0.4, -0.2) is 72.0 Å². The average Bonchev–Trinajstić information content (AvgIpc) is 3.20. The van der Waals surface area contributed by atoms with E-state index in [0.29, 0.717) is 31.0 Å². The summed E-state index contributed by atoms with van der Waals surface area (Å²) in [6.07, 6.45) is 4.28. The smallest absolute Gasteiger partial charge is 0.352 e. The molecule has 0 amide bonds. The van der Waals surface area contributed by atoms with Crippen LogP contribution in [0, 0.1) is 0 Å². The minimum atomic E-state index is -3.43. The van der Waals surface area contributed by atoms with Crippen LogP contribution in [0.15, 0.2) is 65.4 Å². The molecule has 0 fully saturated rings. The van der Waals surface area contributed by atoms with Crippen molar-refractivity contribution in [3.63, 3.8) is 0 Å². The number of hydrogen-bond acceptors (Lipinski definition) is 8. The first-order valence-corrected chi connectivity index (χ1v) is 14.0. The van der Waals surface area contributed by atoms with Gasteiger partial charge in [-0.05, 0) is 60.9 Å². The Balaban J connectivity index is 1.47. The first-order valence-electron chi connectivity index (χ1n) is 12.1. The molecule has 12 heteroatoms. The molecule has 0 saturated carbocycles. The van der Waals surface area contributed by atoms with Crippen molar-refractivity contribution in [2.75, 3.05) is 24.1 Å². The van der Waals surface area contributed by atoms with Crippen molar-refractivity contribution >= 4 is 38.9 Å². The van der Waals surface area contributed by atoms with Gasteiger partial charge in [0.25, 0.3) is 0 Å². The fourth-order valence-electron chi connectivity index (χ4n) is 4.41. The highest BCUT2D eigenvalue weighted by molar-refractivity contribution is 7.92. The van der Waals surface area contributed by atoms with E-state index in [1.165, 1.54) is 6.34 Å². The number of benzene rings is 2. The molecule has 1 aliphatic rings. The zero-order chi connectivity index (χ0) is 27.4. The molecule has 1 aliphatic heterocycles. The maximum absolute atomic E-state index is 12.0. The largest absolute Gasteiger partial charge is 0.477 e. The second-order valence-corrected chi connectivity index (χ2v) is 11.2. The molecular weight excluding hydrogens is 508 g/mol. The number of aromatic nitrogens is 1. The highest BCUT2D eigenvalue weighted by atomic mass is 32.2. The third kappa shape index (κ3) is 6.91. The molecule has 0 saturated heterocycles. The lowest BCUT2D eigenvalue weighted by Crippen LogP contribution is -2.45. The Morgan fingerprint density at radius 2 is 1.97 bits per heavy atom. The van der Waals surface area contributed by atoms with Crippen molar-refractivity contribution in [2.24, 2.45) is 10.7 Å². The van der Waals surface area contributed by atoms with Crippen LogP contribution in [0.25, 0.3) is 10.9 Å². The number of fused-ring (bicyclic) bond motifs is 1. The Bertz CT molecular complexity index is 1500. The van der Waals surface area contributed by atoms with Gasteiger partial charge >= 0.3 is 5.97 Å². The molecule has 6 N–H and O–H groups in total. The number of hydrogen-bond donors (Lipinski definition) is 5. The van der Waals surface area contributed by atoms with E-state index in [1.54, 1.807) is 39.8 Å². The number of aliphatic hydroxyl groups excluding tert-OH is 1. The molecule has 3 aromatic rings. The van der Waals surface area contributed by atoms with Gasteiger partial charge in [0, 0.05) is 42.3 Å². The molecular formula is C26H32N6O5S. The van der Waals surface area contributed by atoms with E-state index in [9.17, 15) is 23.4 Å². The number of sulfonamides is 1. The maximum atomic E-state index is 12.0. The summed E-state index contributed by atoms with van der Waals surface area (Å²) in [4.78, 5) is 17.7. The lowest BCUT2D eigenvalue weighted by molar-refractivity contribution is 0.0606. The van der Waals surface area contributed by atoms with Crippen molar-refractivity contribution in [3.8, 4) is 0 Å². The van der Waals surface area contributed by atoms with Gasteiger partial charge in [-0.15, -0.1) is 0 Å². The zero-order valence-electron chi connectivity index (χ0n) is 21.2. The molecule has 0 aliphatic carbocycles. The monoisotopic (exact) mass is 540 g/mol. The highest BCUT2D eigenvalue weighted by Crippen LogP contribution is 2.24. The Labute approximate surface area is 221 Å². The summed E-state index contributed by atoms with van der Waals surface area (Å²) in [5.74, 6) is -0.613. The predicted octanol–water partition coefficient (Wildman–Crippen LogP) is 1.74. The molecule has 202 valence electrons. The first-order chi connectivity index (χ1) is 18.0. The Hall–Kier alpha value is -3.87. The number of nitrogens with two attached hydrogens (primary N) is 1. The summed E-state index contributed by atoms with van der Waals surface area (Å²) in [5, 5.41) is 24.4. The van der Waals surface area contributed by atoms with Gasteiger partial charge in [0.05, 0.1) is 12.6 Å². The minimum Gasteiger partial charge on any atom is -0.477 e. The van der Waals surface area contributed by atoms with Crippen molar-refractivity contribution in [3.05, 3.63) is 77.2 Å². The number of carboxylic acid groups (broad SMARTS) is 1. The van der Waals surface area contributed by atoms with Crippen molar-refractivity contribution in [1.29, 1.82) is 0 Å². The molecule has 11 nitrogen and oxygen atoms in total. The molecule has 0 radical (unpaired) electrons. The van der Waals surface area contributed by atoms with Gasteiger partial charge in [-0.1, -0.05) is 18.2 Å². The van der Waals surface area contributed by atoms with E-state index < -0.39 is 22.2 Å². The number of anilines is 1. The molecule has 2 heterocycles. The second kappa shape index (κ2) is 11.3. The molecule has 2 aromatic carbocycles. The molecule has 4 rings (SSSR count). The number of nitrogens with one attached hydrogen (secondary N) is 2. The van der Waals surface area contributed by atoms with E-state index >= 15 is 0 Å². The normalized spacial score (nSPS) is 15.3. The van der Waals surface area contributed by atoms with Crippen LogP contribution >= 0.6 is 0 Å². The van der Waals surface area contributed by atoms with Crippen LogP contribution in [0.3, 0.4) is 0 Å². The van der Waals surface area contributed by atoms with Gasteiger partial charge in [-0.3, -0.25) is 4.72 Å². The highest BCUT2D eigenvalue weighted by Gasteiger charge is 2.18. The average molecular weight is 541 g/mol. The molecule has 38 heavy (non-hydrogen) atoms. The summed E-state index contributed by atoms with van der Waals surface area (Å²) >= 11 is 0. The van der Waals surface area contributed by atoms with Gasteiger partial charge in [-0.2, -0.15) is 0 Å². The first kappa shape index (κ1) is 27.2. The van der Waals surface area contributed by atoms with E-state index in [2.05, 4.69) is 15.0 Å². The predicted molar refractivity (Wildman–Crippen MR) is 148 cm³/mol. The van der Waals surface area contributed by atoms with E-state index in [4.69, 9.17) is 5.73 Å². The molecule has 2 atom stereocenters. The van der Waals surface area contributed by atoms with Gasteiger partial charge in [-0.25, -0.2) is 18.2 Å². The summed E-state index contributed by atoms with van der Waals surface area (Å²) in [6, 6.07) is 14.4. The van der Waals surface area contributed by atoms with Crippen molar-refractivity contribution < 1.29 is 23.4 Å². The number of carboxylic acids is 1. The molecule has 2 unspecified atom stereocenters. The number of aromatic carboxylic acids is 1. The van der Waals surface area contributed by atoms with Gasteiger partial charge in [0.1, 0.15) is 17.7 Å². The fraction of sp³-hybridized carbons (Fsp3) is 0.308. The van der Waals surface area contributed by atoms with E-state index in [-0.39, 0.29) is 18.3 Å². The van der Waals surface area contributed by atoms with Crippen LogP contribution in [0.1, 0.15) is 28.5 Å². The van der Waals surface area contributed by atoms with Crippen LogP contribution in [-0.2, 0) is 23.0 Å². The topological polar surface area (TPSA) is 162 Å². The second-order valence-electron chi connectivity index (χ2n) is 9.45. The van der Waals surface area contributed by atoms with Crippen LogP contribution in [0.4, 0.5) is 5.69 Å². The van der Waals surface area contributed by atoms with E-state index in [0.717, 1.165) is 28.3 Å². The number of aliphatic imine (C=N–C) groups is 1. The third-order valence-corrected chi connectivity index (χ3v) is 6.80. The lowest BCUT2D eigenvalue weighted by Gasteiger charge is -2.27. The van der Waals surface area contributed by atoms with Crippen LogP contribution in [0.2, 0.25) is 0 Å². The SMILES string of the molecule is CC(Cc1ccc2c(c1)cc(C(=O)O)n2Cc1cccc(NS(C)(=O)=O)c1)NCC(O)N1C=NC(N)=CC1. The number of rotatable bonds is 11. The van der Waals surface area contributed by atoms with Crippen LogP contribution < -0.4 is 15.8 Å². The molecule has 0 spiro atoms. The Morgan fingerprint density at radius 3 is 2.66 bits per heavy atom. The van der Waals surface area contributed by atoms with Crippen molar-refractivity contribution in [2.45, 2.75) is 32.2 Å². The summed E-state index contributed by atoms with van der Waals surface area (Å²) < 4.78 is 27.3. The van der Waals surface area contributed by atoms with E-state index in [1.807, 2.05) is 31.2 Å². The third-order valence-electron chi connectivity index (χ3n) is 6.20. The fourth-order valence-corrected chi connectivity index (χ4v) is 4.97. The zero-order valence-corrected chi connectivity index (χ0v) is 22.0. The van der Waals surface area contributed by atoms with Gasteiger partial charge in [0.2, 0.25) is 10.0 Å². The molecule has 1 aromatic heterocycles. The quantitative estimate of drug-likeness (QED) is 0.246. The maximum Gasteiger partial charge on any atom is 0.352 e. The van der Waals surface area contributed by atoms with Gasteiger partial charge < -0.3 is 30.7 Å². The lowest BCUT2D eigenvalue weighted by atomic mass is 10.1. The summed E-state index contributed by atoms with van der Waals surface area (Å²) in [5.41, 5.74) is 8.73. The standard InChI is InChI=1S/C26H32N6O5S/c1-17(28-14-25(33)31-9-8-24(27)29-16-31)10-18-6-7-22-20(11-18)13-23(26(34)35)32(22)15-19-4-3-5-21(12-19)30-38(2,36)37/h3-8,11-13,16-17,25,28,30,33H,9-10,14-15,27H2,1-2H3,(H,34,35). The minimum absolute atomic E-state index is 0.0514. The number of aliphatic hydroxyl groups is 1. The Kier molecular flexibility index (Phi) is 8.05. The van der Waals surface area contributed by atoms with Crippen molar-refractivity contribution in [1.82, 2.24) is 14.8 Å². The molecule has 0 bridgehead atoms. The summed E-state index contributed by atoms with van der Waals surface area (Å²) in [7, 11) is -3.43. The summed E-state index contributed by atoms with van der Waals surface area (Å²) in [6.45, 7) is 3.12.